The molecule has 1 aromatic carbocycles. The van der Waals surface area contributed by atoms with Crippen molar-refractivity contribution in [1.29, 1.82) is 0 Å². The molecule has 2 aromatic heterocycles. The Morgan fingerprint density at radius 1 is 1.26 bits per heavy atom. The van der Waals surface area contributed by atoms with Crippen LogP contribution in [0, 0.1) is 0 Å². The Hall–Kier alpha value is -2.07. The number of nitrogens with zero attached hydrogens (tertiary/aromatic N) is 1. The molecule has 0 saturated carbocycles. The molecule has 0 bridgehead atoms. The van der Waals surface area contributed by atoms with E-state index in [9.17, 15) is 4.79 Å². The van der Waals surface area contributed by atoms with Gasteiger partial charge in [-0.15, -0.1) is 0 Å². The van der Waals surface area contributed by atoms with Crippen LogP contribution in [0.3, 0.4) is 0 Å². The normalized spacial score (nSPS) is 10.9. The van der Waals surface area contributed by atoms with Gasteiger partial charge in [-0.3, -0.25) is 0 Å². The smallest absolute Gasteiger partial charge is 0.335 e. The zero-order valence-electron chi connectivity index (χ0n) is 10.2. The molecule has 3 nitrogen and oxygen atoms in total. The predicted molar refractivity (Wildman–Crippen MR) is 76.9 cm³/mol. The largest absolute Gasteiger partial charge is 0.478 e. The third-order valence-corrected chi connectivity index (χ3v) is 3.97. The first-order valence-corrected chi connectivity index (χ1v) is 7.01. The topological polar surface area (TPSA) is 42.2 Å². The van der Waals surface area contributed by atoms with Crippen molar-refractivity contribution in [3.63, 3.8) is 0 Å². The van der Waals surface area contributed by atoms with E-state index < -0.39 is 5.97 Å². The quantitative estimate of drug-likeness (QED) is 0.787. The van der Waals surface area contributed by atoms with Gasteiger partial charge in [-0.05, 0) is 52.4 Å². The summed E-state index contributed by atoms with van der Waals surface area (Å²) in [6.07, 6.45) is 2.98. The lowest BCUT2D eigenvalue weighted by atomic mass is 10.1. The number of carboxylic acid groups (broad SMARTS) is 1. The highest BCUT2D eigenvalue weighted by atomic mass is 32.1. The van der Waals surface area contributed by atoms with Crippen LogP contribution in [0.4, 0.5) is 0 Å². The van der Waals surface area contributed by atoms with Crippen LogP contribution >= 0.6 is 11.3 Å². The van der Waals surface area contributed by atoms with Crippen LogP contribution in [0.5, 0.6) is 0 Å². The summed E-state index contributed by atoms with van der Waals surface area (Å²) < 4.78 is 2.11. The van der Waals surface area contributed by atoms with Crippen molar-refractivity contribution < 1.29 is 9.90 Å². The van der Waals surface area contributed by atoms with Crippen LogP contribution in [-0.2, 0) is 13.0 Å². The van der Waals surface area contributed by atoms with Crippen molar-refractivity contribution in [1.82, 2.24) is 4.57 Å². The summed E-state index contributed by atoms with van der Waals surface area (Å²) >= 11 is 1.70. The molecule has 0 aliphatic carbocycles. The molecule has 2 heterocycles. The third-order valence-electron chi connectivity index (χ3n) is 3.24. The number of rotatable bonds is 4. The van der Waals surface area contributed by atoms with Crippen LogP contribution in [0.1, 0.15) is 15.9 Å². The van der Waals surface area contributed by atoms with Crippen LogP contribution in [0.15, 0.2) is 47.3 Å². The first-order chi connectivity index (χ1) is 9.24. The molecule has 0 atom stereocenters. The lowest BCUT2D eigenvalue weighted by Crippen LogP contribution is -2.01. The van der Waals surface area contributed by atoms with Crippen molar-refractivity contribution in [3.05, 3.63) is 58.4 Å². The average Bonchev–Trinajstić information content (AvgIpc) is 3.05. The van der Waals surface area contributed by atoms with Gasteiger partial charge in [0.2, 0.25) is 0 Å². The summed E-state index contributed by atoms with van der Waals surface area (Å²) in [6.45, 7) is 0.864. The Morgan fingerprint density at radius 3 is 2.89 bits per heavy atom. The molecule has 96 valence electrons. The molecule has 0 saturated heterocycles. The number of aromatic nitrogens is 1. The van der Waals surface area contributed by atoms with E-state index in [2.05, 4.69) is 21.4 Å². The van der Waals surface area contributed by atoms with E-state index in [1.165, 1.54) is 5.56 Å². The van der Waals surface area contributed by atoms with E-state index >= 15 is 0 Å². The maximum atomic E-state index is 11.0. The zero-order valence-corrected chi connectivity index (χ0v) is 11.1. The third kappa shape index (κ3) is 2.39. The van der Waals surface area contributed by atoms with Crippen LogP contribution in [0.2, 0.25) is 0 Å². The molecule has 0 unspecified atom stereocenters. The summed E-state index contributed by atoms with van der Waals surface area (Å²) in [5, 5.41) is 14.3. The van der Waals surface area contributed by atoms with Crippen molar-refractivity contribution >= 4 is 28.2 Å². The maximum Gasteiger partial charge on any atom is 0.335 e. The molecular weight excluding hydrogens is 258 g/mol. The minimum atomic E-state index is -0.882. The van der Waals surface area contributed by atoms with Crippen LogP contribution in [-0.4, -0.2) is 15.6 Å². The van der Waals surface area contributed by atoms with Crippen LogP contribution in [0.25, 0.3) is 10.9 Å². The first kappa shape index (κ1) is 12.0. The van der Waals surface area contributed by atoms with Crippen molar-refractivity contribution in [3.8, 4) is 0 Å². The fourth-order valence-corrected chi connectivity index (χ4v) is 2.90. The number of fused-ring (bicyclic) bond motifs is 1. The summed E-state index contributed by atoms with van der Waals surface area (Å²) in [5.74, 6) is -0.882. The molecule has 0 radical (unpaired) electrons. The SMILES string of the molecule is O=C(O)c1ccc2ccn(CCc3ccsc3)c2c1. The molecule has 19 heavy (non-hydrogen) atoms. The minimum Gasteiger partial charge on any atom is -0.478 e. The second kappa shape index (κ2) is 4.90. The number of hydrogen-bond donors (Lipinski definition) is 1. The molecule has 0 spiro atoms. The van der Waals surface area contributed by atoms with Gasteiger partial charge in [-0.25, -0.2) is 4.79 Å². The van der Waals surface area contributed by atoms with Gasteiger partial charge in [0, 0.05) is 18.3 Å². The van der Waals surface area contributed by atoms with Gasteiger partial charge < -0.3 is 9.67 Å². The van der Waals surface area contributed by atoms with Crippen molar-refractivity contribution in [2.75, 3.05) is 0 Å². The molecule has 0 aliphatic heterocycles. The van der Waals surface area contributed by atoms with Gasteiger partial charge in [0.1, 0.15) is 0 Å². The standard InChI is InChI=1S/C15H13NO2S/c17-15(18)13-2-1-12-4-7-16(14(12)9-13)6-3-11-5-8-19-10-11/h1-2,4-5,7-10H,3,6H2,(H,17,18). The predicted octanol–water partition coefficient (Wildman–Crippen LogP) is 3.64. The first-order valence-electron chi connectivity index (χ1n) is 6.07. The fraction of sp³-hybridized carbons (Fsp3) is 0.133. The minimum absolute atomic E-state index is 0.336. The van der Waals surface area contributed by atoms with Gasteiger partial charge in [0.05, 0.1) is 5.56 Å². The van der Waals surface area contributed by atoms with E-state index in [4.69, 9.17) is 5.11 Å². The molecule has 4 heteroatoms. The lowest BCUT2D eigenvalue weighted by molar-refractivity contribution is 0.0697. The highest BCUT2D eigenvalue weighted by molar-refractivity contribution is 7.07. The number of carboxylic acids is 1. The van der Waals surface area contributed by atoms with Gasteiger partial charge in [-0.2, -0.15) is 11.3 Å². The van der Waals surface area contributed by atoms with E-state index in [1.54, 1.807) is 23.5 Å². The monoisotopic (exact) mass is 271 g/mol. The summed E-state index contributed by atoms with van der Waals surface area (Å²) in [4.78, 5) is 11.0. The Kier molecular flexibility index (Phi) is 3.09. The van der Waals surface area contributed by atoms with E-state index in [1.807, 2.05) is 18.3 Å². The van der Waals surface area contributed by atoms with E-state index in [-0.39, 0.29) is 0 Å². The van der Waals surface area contributed by atoms with E-state index in [0.717, 1.165) is 23.9 Å². The molecular formula is C15H13NO2S. The van der Waals surface area contributed by atoms with Gasteiger partial charge in [0.15, 0.2) is 0 Å². The molecule has 3 aromatic rings. The zero-order chi connectivity index (χ0) is 13.2. The summed E-state index contributed by atoms with van der Waals surface area (Å²) in [5.41, 5.74) is 2.64. The molecule has 0 amide bonds. The summed E-state index contributed by atoms with van der Waals surface area (Å²) in [6, 6.07) is 9.40. The van der Waals surface area contributed by atoms with Crippen molar-refractivity contribution in [2.24, 2.45) is 0 Å². The highest BCUT2D eigenvalue weighted by Crippen LogP contribution is 2.19. The molecule has 0 fully saturated rings. The van der Waals surface area contributed by atoms with Gasteiger partial charge >= 0.3 is 5.97 Å². The Labute approximate surface area is 114 Å². The van der Waals surface area contributed by atoms with E-state index in [0.29, 0.717) is 5.56 Å². The second-order valence-electron chi connectivity index (χ2n) is 4.47. The maximum absolute atomic E-state index is 11.0. The Morgan fingerprint density at radius 2 is 2.16 bits per heavy atom. The number of hydrogen-bond acceptors (Lipinski definition) is 2. The molecule has 3 rings (SSSR count). The number of thiophene rings is 1. The lowest BCUT2D eigenvalue weighted by Gasteiger charge is -2.05. The fourth-order valence-electron chi connectivity index (χ4n) is 2.20. The van der Waals surface area contributed by atoms with Crippen LogP contribution < -0.4 is 0 Å². The number of aromatic carboxylic acids is 1. The Balaban J connectivity index is 1.90. The second-order valence-corrected chi connectivity index (χ2v) is 5.25. The van der Waals surface area contributed by atoms with Crippen molar-refractivity contribution in [2.45, 2.75) is 13.0 Å². The highest BCUT2D eigenvalue weighted by Gasteiger charge is 2.07. The van der Waals surface area contributed by atoms with Gasteiger partial charge in [-0.1, -0.05) is 6.07 Å². The number of benzene rings is 1. The molecule has 1 N–H and O–H groups in total. The Bertz CT molecular complexity index is 713. The van der Waals surface area contributed by atoms with Gasteiger partial charge in [0.25, 0.3) is 0 Å². The average molecular weight is 271 g/mol. The number of carbonyl (C=O) groups is 1. The molecule has 0 aliphatic rings. The summed E-state index contributed by atoms with van der Waals surface area (Å²) in [7, 11) is 0. The number of aryl methyl sites for hydroxylation is 2.